The standard InChI is InChI=1S/C11H19NO3S/c1-10(2)7-11(3,4)9-8(10)15-6-5-12-16(9,13)14/h12H,5-7H2,1-4H3. The first-order chi connectivity index (χ1) is 7.17. The average Bonchev–Trinajstić information content (AvgIpc) is 2.21. The lowest BCUT2D eigenvalue weighted by Crippen LogP contribution is -2.31. The molecule has 1 aliphatic carbocycles. The molecule has 1 N–H and O–H groups in total. The Morgan fingerprint density at radius 1 is 1.19 bits per heavy atom. The third-order valence-corrected chi connectivity index (χ3v) is 5.09. The highest BCUT2D eigenvalue weighted by atomic mass is 32.2. The first-order valence-corrected chi connectivity index (χ1v) is 7.03. The lowest BCUT2D eigenvalue weighted by molar-refractivity contribution is 0.149. The van der Waals surface area contributed by atoms with Crippen LogP contribution in [0.2, 0.25) is 0 Å². The quantitative estimate of drug-likeness (QED) is 0.705. The van der Waals surface area contributed by atoms with Crippen molar-refractivity contribution in [3.8, 4) is 0 Å². The van der Waals surface area contributed by atoms with Crippen LogP contribution in [-0.4, -0.2) is 21.6 Å². The summed E-state index contributed by atoms with van der Waals surface area (Å²) in [6, 6.07) is 0. The van der Waals surface area contributed by atoms with E-state index < -0.39 is 10.0 Å². The Bertz CT molecular complexity index is 446. The largest absolute Gasteiger partial charge is 0.495 e. The molecule has 2 aliphatic rings. The second kappa shape index (κ2) is 3.23. The van der Waals surface area contributed by atoms with E-state index in [2.05, 4.69) is 4.72 Å². The van der Waals surface area contributed by atoms with Crippen LogP contribution in [0.1, 0.15) is 34.1 Å². The van der Waals surface area contributed by atoms with Gasteiger partial charge in [0.1, 0.15) is 17.3 Å². The van der Waals surface area contributed by atoms with Gasteiger partial charge in [-0.3, -0.25) is 0 Å². The van der Waals surface area contributed by atoms with Gasteiger partial charge in [0.2, 0.25) is 10.0 Å². The first kappa shape index (κ1) is 11.9. The van der Waals surface area contributed by atoms with Gasteiger partial charge in [0.05, 0.1) is 0 Å². The SMILES string of the molecule is CC1(C)CC(C)(C)C2=C1OCCNS2(=O)=O. The van der Waals surface area contributed by atoms with Crippen molar-refractivity contribution in [1.29, 1.82) is 0 Å². The molecule has 0 bridgehead atoms. The fourth-order valence-electron chi connectivity index (χ4n) is 3.03. The summed E-state index contributed by atoms with van der Waals surface area (Å²) in [5.41, 5.74) is -0.549. The summed E-state index contributed by atoms with van der Waals surface area (Å²) >= 11 is 0. The molecule has 0 aromatic heterocycles. The van der Waals surface area contributed by atoms with Gasteiger partial charge in [0, 0.05) is 17.4 Å². The van der Waals surface area contributed by atoms with E-state index in [1.807, 2.05) is 27.7 Å². The monoisotopic (exact) mass is 245 g/mol. The Balaban J connectivity index is 2.66. The minimum atomic E-state index is -3.37. The molecular formula is C11H19NO3S. The molecule has 0 saturated carbocycles. The highest BCUT2D eigenvalue weighted by Gasteiger charge is 2.51. The first-order valence-electron chi connectivity index (χ1n) is 5.55. The van der Waals surface area contributed by atoms with E-state index >= 15 is 0 Å². The van der Waals surface area contributed by atoms with E-state index in [1.54, 1.807) is 0 Å². The molecule has 1 aliphatic heterocycles. The molecule has 1 heterocycles. The Hall–Kier alpha value is -0.550. The molecule has 0 unspecified atom stereocenters. The summed E-state index contributed by atoms with van der Waals surface area (Å²) in [4.78, 5) is 0.447. The summed E-state index contributed by atoms with van der Waals surface area (Å²) < 4.78 is 32.5. The number of sulfonamides is 1. The molecule has 0 spiro atoms. The average molecular weight is 245 g/mol. The number of nitrogens with one attached hydrogen (secondary N) is 1. The van der Waals surface area contributed by atoms with E-state index in [0.717, 1.165) is 6.42 Å². The summed E-state index contributed by atoms with van der Waals surface area (Å²) in [7, 11) is -3.37. The Labute approximate surface area is 97.1 Å². The van der Waals surface area contributed by atoms with Crippen molar-refractivity contribution in [2.24, 2.45) is 10.8 Å². The molecular weight excluding hydrogens is 226 g/mol. The second-order valence-electron chi connectivity index (χ2n) is 5.85. The van der Waals surface area contributed by atoms with E-state index in [-0.39, 0.29) is 10.8 Å². The van der Waals surface area contributed by atoms with Crippen molar-refractivity contribution in [1.82, 2.24) is 4.72 Å². The van der Waals surface area contributed by atoms with Gasteiger partial charge in [0.15, 0.2) is 0 Å². The van der Waals surface area contributed by atoms with Crippen LogP contribution in [0.4, 0.5) is 0 Å². The number of hydrogen-bond acceptors (Lipinski definition) is 3. The zero-order chi connectivity index (χ0) is 12.2. The van der Waals surface area contributed by atoms with Crippen molar-refractivity contribution >= 4 is 10.0 Å². The number of rotatable bonds is 0. The lowest BCUT2D eigenvalue weighted by Gasteiger charge is -2.25. The van der Waals surface area contributed by atoms with Gasteiger partial charge in [-0.15, -0.1) is 0 Å². The molecule has 4 nitrogen and oxygen atoms in total. The van der Waals surface area contributed by atoms with Gasteiger partial charge in [-0.05, 0) is 6.42 Å². The summed E-state index contributed by atoms with van der Waals surface area (Å²) in [5.74, 6) is 0.655. The predicted octanol–water partition coefficient (Wildman–Crippen LogP) is 1.60. The fraction of sp³-hybridized carbons (Fsp3) is 0.818. The van der Waals surface area contributed by atoms with Crippen molar-refractivity contribution < 1.29 is 13.2 Å². The molecule has 0 atom stereocenters. The van der Waals surface area contributed by atoms with Gasteiger partial charge < -0.3 is 4.74 Å². The molecule has 2 rings (SSSR count). The van der Waals surface area contributed by atoms with Gasteiger partial charge in [-0.1, -0.05) is 27.7 Å². The Kier molecular flexibility index (Phi) is 2.41. The number of ether oxygens (including phenoxy) is 1. The van der Waals surface area contributed by atoms with Gasteiger partial charge in [0.25, 0.3) is 0 Å². The van der Waals surface area contributed by atoms with E-state index in [0.29, 0.717) is 23.8 Å². The van der Waals surface area contributed by atoms with Gasteiger partial charge in [-0.25, -0.2) is 13.1 Å². The van der Waals surface area contributed by atoms with Gasteiger partial charge >= 0.3 is 0 Å². The zero-order valence-electron chi connectivity index (χ0n) is 10.3. The molecule has 16 heavy (non-hydrogen) atoms. The third kappa shape index (κ3) is 1.66. The highest BCUT2D eigenvalue weighted by Crippen LogP contribution is 2.54. The molecule has 0 aromatic rings. The number of hydrogen-bond donors (Lipinski definition) is 1. The van der Waals surface area contributed by atoms with Crippen LogP contribution in [0.5, 0.6) is 0 Å². The molecule has 0 saturated heterocycles. The summed E-state index contributed by atoms with van der Waals surface area (Å²) in [5, 5.41) is 0. The third-order valence-electron chi connectivity index (χ3n) is 3.23. The molecule has 0 aromatic carbocycles. The van der Waals surface area contributed by atoms with Crippen LogP contribution < -0.4 is 4.72 Å². The van der Waals surface area contributed by atoms with Crippen LogP contribution in [0, 0.1) is 10.8 Å². The minimum absolute atomic E-state index is 0.197. The van der Waals surface area contributed by atoms with Crippen LogP contribution in [-0.2, 0) is 14.8 Å². The van der Waals surface area contributed by atoms with E-state index in [1.165, 1.54) is 0 Å². The van der Waals surface area contributed by atoms with E-state index in [4.69, 9.17) is 4.74 Å². The predicted molar refractivity (Wildman–Crippen MR) is 62.1 cm³/mol. The minimum Gasteiger partial charge on any atom is -0.495 e. The normalized spacial score (nSPS) is 30.5. The Morgan fingerprint density at radius 3 is 2.44 bits per heavy atom. The van der Waals surface area contributed by atoms with Crippen molar-refractivity contribution in [3.05, 3.63) is 10.7 Å². The summed E-state index contributed by atoms with van der Waals surface area (Å²) in [6.07, 6.45) is 0.797. The highest BCUT2D eigenvalue weighted by molar-refractivity contribution is 7.93. The van der Waals surface area contributed by atoms with Crippen LogP contribution in [0.15, 0.2) is 10.7 Å². The molecule has 5 heteroatoms. The fourth-order valence-corrected chi connectivity index (χ4v) is 4.90. The lowest BCUT2D eigenvalue weighted by atomic mass is 9.82. The molecule has 0 amide bonds. The van der Waals surface area contributed by atoms with Crippen LogP contribution in [0.25, 0.3) is 0 Å². The molecule has 0 radical (unpaired) electrons. The van der Waals surface area contributed by atoms with Crippen molar-refractivity contribution in [3.63, 3.8) is 0 Å². The Morgan fingerprint density at radius 2 is 1.81 bits per heavy atom. The molecule has 0 fully saturated rings. The zero-order valence-corrected chi connectivity index (χ0v) is 11.1. The maximum absolute atomic E-state index is 12.1. The van der Waals surface area contributed by atoms with Crippen molar-refractivity contribution in [2.45, 2.75) is 34.1 Å². The number of allylic oxidation sites excluding steroid dienone is 2. The van der Waals surface area contributed by atoms with Gasteiger partial charge in [-0.2, -0.15) is 0 Å². The maximum atomic E-state index is 12.1. The molecule has 92 valence electrons. The van der Waals surface area contributed by atoms with Crippen LogP contribution in [0.3, 0.4) is 0 Å². The van der Waals surface area contributed by atoms with E-state index in [9.17, 15) is 8.42 Å². The topological polar surface area (TPSA) is 55.4 Å². The van der Waals surface area contributed by atoms with Crippen LogP contribution >= 0.6 is 0 Å². The maximum Gasteiger partial charge on any atom is 0.240 e. The summed E-state index contributed by atoms with van der Waals surface area (Å²) in [6.45, 7) is 8.77. The van der Waals surface area contributed by atoms with Crippen molar-refractivity contribution in [2.75, 3.05) is 13.2 Å². The smallest absolute Gasteiger partial charge is 0.240 e. The second-order valence-corrected chi connectivity index (χ2v) is 7.55.